The zero-order valence-electron chi connectivity index (χ0n) is 10.5. The van der Waals surface area contributed by atoms with E-state index in [1.807, 2.05) is 30.3 Å². The maximum absolute atomic E-state index is 3.27. The van der Waals surface area contributed by atoms with Gasteiger partial charge in [-0.15, -0.1) is 0 Å². The molecule has 0 spiro atoms. The first kappa shape index (κ1) is 11.5. The van der Waals surface area contributed by atoms with Crippen LogP contribution >= 0.6 is 0 Å². The highest BCUT2D eigenvalue weighted by Crippen LogP contribution is 2.22. The zero-order chi connectivity index (χ0) is 12.3. The molecule has 0 atom stereocenters. The molecule has 2 aromatic rings. The third-order valence-corrected chi connectivity index (χ3v) is 2.78. The Kier molecular flexibility index (Phi) is 3.33. The van der Waals surface area contributed by atoms with Gasteiger partial charge in [-0.25, -0.2) is 0 Å². The van der Waals surface area contributed by atoms with Crippen LogP contribution in [0.2, 0.25) is 0 Å². The second-order valence-electron chi connectivity index (χ2n) is 4.39. The lowest BCUT2D eigenvalue weighted by Crippen LogP contribution is -2.11. The number of aryl methyl sites for hydroxylation is 3. The van der Waals surface area contributed by atoms with Crippen molar-refractivity contribution in [3.05, 3.63) is 59.2 Å². The van der Waals surface area contributed by atoms with E-state index in [0.29, 0.717) is 0 Å². The largest absolute Gasteiger partial charge is 0.301 e. The van der Waals surface area contributed by atoms with Crippen LogP contribution in [0, 0.1) is 20.8 Å². The fourth-order valence-electron chi connectivity index (χ4n) is 2.03. The minimum absolute atomic E-state index is 1.06. The van der Waals surface area contributed by atoms with Gasteiger partial charge in [0.25, 0.3) is 0 Å². The molecule has 0 amide bonds. The lowest BCUT2D eigenvalue weighted by atomic mass is 10.1. The molecule has 2 N–H and O–H groups in total. The molecule has 0 bridgehead atoms. The molecule has 0 aliphatic rings. The number of rotatable bonds is 3. The smallest absolute Gasteiger partial charge is 0.0598 e. The van der Waals surface area contributed by atoms with Gasteiger partial charge in [0.2, 0.25) is 0 Å². The van der Waals surface area contributed by atoms with Gasteiger partial charge in [-0.2, -0.15) is 0 Å². The number of para-hydroxylation sites is 1. The third-order valence-electron chi connectivity index (χ3n) is 2.78. The average Bonchev–Trinajstić information content (AvgIpc) is 2.29. The Hall–Kier alpha value is -1.96. The SMILES string of the molecule is Cc1cc(C)c(NNc2ccccc2)c(C)c1. The van der Waals surface area contributed by atoms with E-state index in [9.17, 15) is 0 Å². The summed E-state index contributed by atoms with van der Waals surface area (Å²) in [5.74, 6) is 0. The van der Waals surface area contributed by atoms with Crippen LogP contribution in [0.15, 0.2) is 42.5 Å². The molecular formula is C15H18N2. The van der Waals surface area contributed by atoms with Gasteiger partial charge >= 0.3 is 0 Å². The molecule has 0 heterocycles. The number of hydrazine groups is 1. The van der Waals surface area contributed by atoms with Crippen LogP contribution in [-0.4, -0.2) is 0 Å². The molecule has 0 fully saturated rings. The van der Waals surface area contributed by atoms with E-state index in [1.165, 1.54) is 16.7 Å². The number of hydrogen-bond donors (Lipinski definition) is 2. The molecule has 0 aliphatic carbocycles. The maximum atomic E-state index is 3.27. The average molecular weight is 226 g/mol. The fraction of sp³-hybridized carbons (Fsp3) is 0.200. The molecule has 0 aromatic heterocycles. The van der Waals surface area contributed by atoms with Gasteiger partial charge in [-0.1, -0.05) is 35.9 Å². The van der Waals surface area contributed by atoms with Gasteiger partial charge in [0, 0.05) is 0 Å². The van der Waals surface area contributed by atoms with Crippen molar-refractivity contribution in [3.8, 4) is 0 Å². The first-order valence-electron chi connectivity index (χ1n) is 5.82. The highest BCUT2D eigenvalue weighted by Gasteiger charge is 2.02. The molecule has 0 aliphatic heterocycles. The molecule has 2 rings (SSSR count). The van der Waals surface area contributed by atoms with Crippen molar-refractivity contribution in [1.82, 2.24) is 0 Å². The molecule has 88 valence electrons. The van der Waals surface area contributed by atoms with Crippen molar-refractivity contribution in [2.75, 3.05) is 10.9 Å². The summed E-state index contributed by atoms with van der Waals surface area (Å²) in [4.78, 5) is 0. The number of hydrogen-bond acceptors (Lipinski definition) is 2. The first-order valence-corrected chi connectivity index (χ1v) is 5.82. The van der Waals surface area contributed by atoms with Crippen LogP contribution in [0.3, 0.4) is 0 Å². The molecule has 0 radical (unpaired) electrons. The van der Waals surface area contributed by atoms with Crippen LogP contribution in [0.1, 0.15) is 16.7 Å². The van der Waals surface area contributed by atoms with E-state index in [2.05, 4.69) is 43.8 Å². The van der Waals surface area contributed by atoms with E-state index >= 15 is 0 Å². The van der Waals surface area contributed by atoms with Crippen molar-refractivity contribution in [2.45, 2.75) is 20.8 Å². The number of anilines is 2. The van der Waals surface area contributed by atoms with Gasteiger partial charge in [-0.05, 0) is 44.0 Å². The van der Waals surface area contributed by atoms with Gasteiger partial charge < -0.3 is 10.9 Å². The zero-order valence-corrected chi connectivity index (χ0v) is 10.5. The second-order valence-corrected chi connectivity index (χ2v) is 4.39. The quantitative estimate of drug-likeness (QED) is 0.771. The van der Waals surface area contributed by atoms with Crippen LogP contribution < -0.4 is 10.9 Å². The number of benzene rings is 2. The van der Waals surface area contributed by atoms with Crippen LogP contribution in [0.5, 0.6) is 0 Å². The Morgan fingerprint density at radius 1 is 0.765 bits per heavy atom. The van der Waals surface area contributed by atoms with Gasteiger partial charge in [0.05, 0.1) is 11.4 Å². The molecule has 2 heteroatoms. The molecule has 17 heavy (non-hydrogen) atoms. The van der Waals surface area contributed by atoms with Crippen molar-refractivity contribution >= 4 is 11.4 Å². The Bertz CT molecular complexity index is 481. The van der Waals surface area contributed by atoms with E-state index in [-0.39, 0.29) is 0 Å². The van der Waals surface area contributed by atoms with Crippen LogP contribution in [-0.2, 0) is 0 Å². The summed E-state index contributed by atoms with van der Waals surface area (Å²) < 4.78 is 0. The third kappa shape index (κ3) is 2.78. The minimum Gasteiger partial charge on any atom is -0.301 e. The van der Waals surface area contributed by atoms with E-state index in [0.717, 1.165) is 11.4 Å². The summed E-state index contributed by atoms with van der Waals surface area (Å²) in [6.07, 6.45) is 0. The Labute approximate surface area is 103 Å². The highest BCUT2D eigenvalue weighted by molar-refractivity contribution is 5.61. The molecular weight excluding hydrogens is 208 g/mol. The van der Waals surface area contributed by atoms with Crippen LogP contribution in [0.25, 0.3) is 0 Å². The molecule has 0 unspecified atom stereocenters. The Balaban J connectivity index is 2.15. The summed E-state index contributed by atoms with van der Waals surface area (Å²) in [6.45, 7) is 6.36. The summed E-state index contributed by atoms with van der Waals surface area (Å²) in [5.41, 5.74) is 12.5. The Morgan fingerprint density at radius 3 is 1.94 bits per heavy atom. The second kappa shape index (κ2) is 4.91. The van der Waals surface area contributed by atoms with E-state index < -0.39 is 0 Å². The fourth-order valence-corrected chi connectivity index (χ4v) is 2.03. The minimum atomic E-state index is 1.06. The molecule has 2 aromatic carbocycles. The topological polar surface area (TPSA) is 24.1 Å². The van der Waals surface area contributed by atoms with Crippen molar-refractivity contribution in [1.29, 1.82) is 0 Å². The van der Waals surface area contributed by atoms with Crippen LogP contribution in [0.4, 0.5) is 11.4 Å². The number of nitrogens with one attached hydrogen (secondary N) is 2. The summed E-state index contributed by atoms with van der Waals surface area (Å²) >= 11 is 0. The lowest BCUT2D eigenvalue weighted by Gasteiger charge is -2.15. The summed E-state index contributed by atoms with van der Waals surface area (Å²) in [5, 5.41) is 0. The van der Waals surface area contributed by atoms with Crippen molar-refractivity contribution < 1.29 is 0 Å². The standard InChI is InChI=1S/C15H18N2/c1-11-9-12(2)15(13(3)10-11)17-16-14-7-5-4-6-8-14/h4-10,16-17H,1-3H3. The lowest BCUT2D eigenvalue weighted by molar-refractivity contribution is 1.28. The predicted octanol–water partition coefficient (Wildman–Crippen LogP) is 4.05. The van der Waals surface area contributed by atoms with Gasteiger partial charge in [0.1, 0.15) is 0 Å². The summed E-state index contributed by atoms with van der Waals surface area (Å²) in [6, 6.07) is 14.5. The highest BCUT2D eigenvalue weighted by atomic mass is 15.4. The Morgan fingerprint density at radius 2 is 1.35 bits per heavy atom. The van der Waals surface area contributed by atoms with E-state index in [1.54, 1.807) is 0 Å². The van der Waals surface area contributed by atoms with E-state index in [4.69, 9.17) is 0 Å². The monoisotopic (exact) mass is 226 g/mol. The maximum Gasteiger partial charge on any atom is 0.0598 e. The van der Waals surface area contributed by atoms with Gasteiger partial charge in [0.15, 0.2) is 0 Å². The first-order chi connectivity index (χ1) is 8.16. The summed E-state index contributed by atoms with van der Waals surface area (Å²) in [7, 11) is 0. The molecule has 2 nitrogen and oxygen atoms in total. The van der Waals surface area contributed by atoms with Gasteiger partial charge in [-0.3, -0.25) is 0 Å². The normalized spacial score (nSPS) is 10.1. The molecule has 0 saturated carbocycles. The van der Waals surface area contributed by atoms with Crippen molar-refractivity contribution in [3.63, 3.8) is 0 Å². The predicted molar refractivity (Wildman–Crippen MR) is 74.3 cm³/mol. The van der Waals surface area contributed by atoms with Crippen molar-refractivity contribution in [2.24, 2.45) is 0 Å². The molecule has 0 saturated heterocycles.